The second-order valence-electron chi connectivity index (χ2n) is 5.21. The fourth-order valence-electron chi connectivity index (χ4n) is 2.27. The molecule has 0 spiro atoms. The van der Waals surface area contributed by atoms with E-state index in [1.165, 1.54) is 11.6 Å². The van der Waals surface area contributed by atoms with Gasteiger partial charge in [0.25, 0.3) is 0 Å². The Morgan fingerprint density at radius 2 is 1.63 bits per heavy atom. The zero-order valence-corrected chi connectivity index (χ0v) is 11.7. The van der Waals surface area contributed by atoms with Gasteiger partial charge in [0.2, 0.25) is 0 Å². The molecular weight excluding hydrogens is 237 g/mol. The smallest absolute Gasteiger partial charge is 0.146 e. The molecule has 0 fully saturated rings. The minimum atomic E-state index is -0.193. The van der Waals surface area contributed by atoms with Gasteiger partial charge in [-0.15, -0.1) is 0 Å². The number of aryl methyl sites for hydroxylation is 1. The second-order valence-corrected chi connectivity index (χ2v) is 5.21. The minimum absolute atomic E-state index is 0.108. The first-order valence-electron chi connectivity index (χ1n) is 6.66. The van der Waals surface area contributed by atoms with Gasteiger partial charge in [0, 0.05) is 0 Å². The molecule has 2 heteroatoms. The zero-order chi connectivity index (χ0) is 13.8. The third-order valence-corrected chi connectivity index (χ3v) is 3.35. The van der Waals surface area contributed by atoms with Gasteiger partial charge in [-0.1, -0.05) is 56.3 Å². The van der Waals surface area contributed by atoms with E-state index in [0.29, 0.717) is 11.6 Å². The summed E-state index contributed by atoms with van der Waals surface area (Å²) in [5, 5.41) is 3.36. The van der Waals surface area contributed by atoms with Crippen molar-refractivity contribution < 1.29 is 4.39 Å². The first-order chi connectivity index (χ1) is 9.09. The molecule has 1 atom stereocenters. The molecule has 0 aromatic heterocycles. The highest BCUT2D eigenvalue weighted by molar-refractivity contribution is 5.53. The van der Waals surface area contributed by atoms with Crippen LogP contribution in [0.15, 0.2) is 48.5 Å². The van der Waals surface area contributed by atoms with E-state index in [4.69, 9.17) is 0 Å². The van der Waals surface area contributed by atoms with Crippen molar-refractivity contribution in [3.05, 3.63) is 65.5 Å². The highest BCUT2D eigenvalue weighted by Gasteiger charge is 2.17. The van der Waals surface area contributed by atoms with Crippen LogP contribution >= 0.6 is 0 Å². The summed E-state index contributed by atoms with van der Waals surface area (Å²) < 4.78 is 13.9. The Bertz CT molecular complexity index is 514. The molecule has 0 aliphatic rings. The summed E-state index contributed by atoms with van der Waals surface area (Å²) in [6, 6.07) is 15.4. The Balaban J connectivity index is 2.33. The van der Waals surface area contributed by atoms with Crippen molar-refractivity contribution in [2.45, 2.75) is 26.8 Å². The molecule has 0 saturated carbocycles. The Labute approximate surface area is 114 Å². The molecule has 1 nitrogen and oxygen atoms in total. The molecule has 2 aromatic rings. The van der Waals surface area contributed by atoms with E-state index in [2.05, 4.69) is 31.3 Å². The molecule has 1 N–H and O–H groups in total. The fraction of sp³-hybridized carbons (Fsp3) is 0.294. The molecule has 0 aliphatic carbocycles. The largest absolute Gasteiger partial charge is 0.375 e. The zero-order valence-electron chi connectivity index (χ0n) is 11.7. The molecule has 0 aliphatic heterocycles. The standard InChI is InChI=1S/C17H20FN/c1-12(2)16(14-9-5-4-6-10-14)19-17-13(3)8-7-11-15(17)18/h4-12,16,19H,1-3H3. The number of hydrogen-bond donors (Lipinski definition) is 1. The summed E-state index contributed by atoms with van der Waals surface area (Å²) in [6.07, 6.45) is 0. The lowest BCUT2D eigenvalue weighted by molar-refractivity contribution is 0.539. The molecule has 0 bridgehead atoms. The minimum Gasteiger partial charge on any atom is -0.375 e. The van der Waals surface area contributed by atoms with E-state index in [1.807, 2.05) is 31.2 Å². The SMILES string of the molecule is Cc1cccc(F)c1NC(c1ccccc1)C(C)C. The van der Waals surface area contributed by atoms with E-state index in [9.17, 15) is 4.39 Å². The highest BCUT2D eigenvalue weighted by atomic mass is 19.1. The number of para-hydroxylation sites is 1. The number of nitrogens with one attached hydrogen (secondary N) is 1. The molecule has 0 saturated heterocycles. The summed E-state index contributed by atoms with van der Waals surface area (Å²) in [4.78, 5) is 0. The molecule has 0 heterocycles. The van der Waals surface area contributed by atoms with Gasteiger partial charge in [-0.25, -0.2) is 4.39 Å². The Hall–Kier alpha value is -1.83. The number of anilines is 1. The first kappa shape index (κ1) is 13.6. The van der Waals surface area contributed by atoms with E-state index < -0.39 is 0 Å². The Morgan fingerprint density at radius 3 is 2.21 bits per heavy atom. The maximum Gasteiger partial charge on any atom is 0.146 e. The van der Waals surface area contributed by atoms with Crippen molar-refractivity contribution in [1.29, 1.82) is 0 Å². The quantitative estimate of drug-likeness (QED) is 0.817. The Morgan fingerprint density at radius 1 is 0.947 bits per heavy atom. The van der Waals surface area contributed by atoms with Gasteiger partial charge >= 0.3 is 0 Å². The van der Waals surface area contributed by atoms with Crippen LogP contribution in [0.3, 0.4) is 0 Å². The van der Waals surface area contributed by atoms with E-state index in [1.54, 1.807) is 6.07 Å². The maximum atomic E-state index is 13.9. The second kappa shape index (κ2) is 5.87. The van der Waals surface area contributed by atoms with Crippen LogP contribution in [-0.2, 0) is 0 Å². The topological polar surface area (TPSA) is 12.0 Å². The predicted octanol–water partition coefficient (Wildman–Crippen LogP) is 4.94. The average molecular weight is 257 g/mol. The predicted molar refractivity (Wildman–Crippen MR) is 78.8 cm³/mol. The third kappa shape index (κ3) is 3.14. The van der Waals surface area contributed by atoms with Crippen molar-refractivity contribution in [3.8, 4) is 0 Å². The van der Waals surface area contributed by atoms with E-state index >= 15 is 0 Å². The van der Waals surface area contributed by atoms with Crippen LogP contribution < -0.4 is 5.32 Å². The fourth-order valence-corrected chi connectivity index (χ4v) is 2.27. The third-order valence-electron chi connectivity index (χ3n) is 3.35. The lowest BCUT2D eigenvalue weighted by Gasteiger charge is -2.25. The van der Waals surface area contributed by atoms with Crippen LogP contribution in [0.2, 0.25) is 0 Å². The molecule has 0 amide bonds. The van der Waals surface area contributed by atoms with Crippen LogP contribution in [-0.4, -0.2) is 0 Å². The number of hydrogen-bond acceptors (Lipinski definition) is 1. The number of halogens is 1. The van der Waals surface area contributed by atoms with E-state index in [0.717, 1.165) is 5.56 Å². The van der Waals surface area contributed by atoms with Crippen LogP contribution in [0, 0.1) is 18.7 Å². The van der Waals surface area contributed by atoms with Crippen molar-refractivity contribution in [1.82, 2.24) is 0 Å². The molecule has 2 rings (SSSR count). The van der Waals surface area contributed by atoms with Gasteiger partial charge in [-0.3, -0.25) is 0 Å². The van der Waals surface area contributed by atoms with Gasteiger partial charge in [-0.2, -0.15) is 0 Å². The number of rotatable bonds is 4. The molecule has 19 heavy (non-hydrogen) atoms. The molecule has 2 aromatic carbocycles. The molecule has 100 valence electrons. The summed E-state index contributed by atoms with van der Waals surface area (Å²) in [5.41, 5.74) is 2.71. The van der Waals surface area contributed by atoms with Crippen LogP contribution in [0.1, 0.15) is 31.0 Å². The summed E-state index contributed by atoms with van der Waals surface area (Å²) >= 11 is 0. The van der Waals surface area contributed by atoms with Crippen LogP contribution in [0.4, 0.5) is 10.1 Å². The summed E-state index contributed by atoms with van der Waals surface area (Å²) in [5.74, 6) is 0.183. The highest BCUT2D eigenvalue weighted by Crippen LogP contribution is 2.29. The van der Waals surface area contributed by atoms with Gasteiger partial charge in [0.05, 0.1) is 11.7 Å². The molecule has 0 radical (unpaired) electrons. The summed E-state index contributed by atoms with van der Waals surface area (Å²) in [6.45, 7) is 6.20. The number of benzene rings is 2. The average Bonchev–Trinajstić information content (AvgIpc) is 2.39. The van der Waals surface area contributed by atoms with Gasteiger partial charge in [0.1, 0.15) is 5.82 Å². The van der Waals surface area contributed by atoms with Crippen molar-refractivity contribution in [2.75, 3.05) is 5.32 Å². The first-order valence-corrected chi connectivity index (χ1v) is 6.66. The van der Waals surface area contributed by atoms with Crippen molar-refractivity contribution in [3.63, 3.8) is 0 Å². The molecular formula is C17H20FN. The summed E-state index contributed by atoms with van der Waals surface area (Å²) in [7, 11) is 0. The van der Waals surface area contributed by atoms with Gasteiger partial charge in [0.15, 0.2) is 0 Å². The lowest BCUT2D eigenvalue weighted by Crippen LogP contribution is -2.18. The van der Waals surface area contributed by atoms with Gasteiger partial charge in [-0.05, 0) is 30.0 Å². The molecule has 1 unspecified atom stereocenters. The van der Waals surface area contributed by atoms with Crippen molar-refractivity contribution in [2.24, 2.45) is 5.92 Å². The monoisotopic (exact) mass is 257 g/mol. The van der Waals surface area contributed by atoms with Crippen LogP contribution in [0.25, 0.3) is 0 Å². The van der Waals surface area contributed by atoms with E-state index in [-0.39, 0.29) is 11.9 Å². The van der Waals surface area contributed by atoms with Gasteiger partial charge < -0.3 is 5.32 Å². The van der Waals surface area contributed by atoms with Crippen LogP contribution in [0.5, 0.6) is 0 Å². The normalized spacial score (nSPS) is 12.5. The Kier molecular flexibility index (Phi) is 4.20. The van der Waals surface area contributed by atoms with Crippen molar-refractivity contribution >= 4 is 5.69 Å². The maximum absolute atomic E-state index is 13.9. The lowest BCUT2D eigenvalue weighted by atomic mass is 9.95.